The van der Waals surface area contributed by atoms with Crippen molar-refractivity contribution in [2.24, 2.45) is 0 Å². The fraction of sp³-hybridized carbons (Fsp3) is 1.00. The summed E-state index contributed by atoms with van der Waals surface area (Å²) in [6.45, 7) is 2.94. The molecule has 10 heavy (non-hydrogen) atoms. The van der Waals surface area contributed by atoms with E-state index >= 15 is 0 Å². The van der Waals surface area contributed by atoms with E-state index in [0.717, 1.165) is 19.4 Å². The van der Waals surface area contributed by atoms with E-state index in [4.69, 9.17) is 4.74 Å². The molecule has 1 N–H and O–H groups in total. The Morgan fingerprint density at radius 2 is 2.30 bits per heavy atom. The van der Waals surface area contributed by atoms with Gasteiger partial charge in [-0.15, -0.1) is 0 Å². The Labute approximate surface area is 62.2 Å². The average Bonchev–Trinajstić information content (AvgIpc) is 2.69. The number of aliphatic hydroxyl groups excluding tert-OH is 1. The predicted octanol–water partition coefficient (Wildman–Crippen LogP) is 1.33. The zero-order valence-corrected chi connectivity index (χ0v) is 6.55. The van der Waals surface area contributed by atoms with E-state index in [1.54, 1.807) is 0 Å². The molecule has 1 saturated heterocycles. The largest absolute Gasteiger partial charge is 0.390 e. The van der Waals surface area contributed by atoms with Gasteiger partial charge in [0, 0.05) is 0 Å². The van der Waals surface area contributed by atoms with Crippen LogP contribution in [0.5, 0.6) is 0 Å². The summed E-state index contributed by atoms with van der Waals surface area (Å²) in [5, 5.41) is 9.29. The summed E-state index contributed by atoms with van der Waals surface area (Å²) in [5.41, 5.74) is 0. The summed E-state index contributed by atoms with van der Waals surface area (Å²) in [4.78, 5) is 0. The van der Waals surface area contributed by atoms with Crippen LogP contribution in [0.25, 0.3) is 0 Å². The molecule has 1 rings (SSSR count). The van der Waals surface area contributed by atoms with Gasteiger partial charge in [-0.2, -0.15) is 0 Å². The van der Waals surface area contributed by atoms with Crippen molar-refractivity contribution in [3.8, 4) is 0 Å². The van der Waals surface area contributed by atoms with Gasteiger partial charge in [0.2, 0.25) is 0 Å². The number of unbranched alkanes of at least 4 members (excludes halogenated alkanes) is 2. The minimum atomic E-state index is -0.188. The van der Waals surface area contributed by atoms with Crippen molar-refractivity contribution >= 4 is 0 Å². The molecule has 0 aromatic carbocycles. The molecule has 2 heteroatoms. The molecule has 1 aliphatic rings. The number of hydrogen-bond donors (Lipinski definition) is 1. The van der Waals surface area contributed by atoms with Crippen LogP contribution in [0.15, 0.2) is 0 Å². The first-order chi connectivity index (χ1) is 4.84. The van der Waals surface area contributed by atoms with Gasteiger partial charge in [-0.25, -0.2) is 0 Å². The second kappa shape index (κ2) is 3.94. The third kappa shape index (κ3) is 2.67. The summed E-state index contributed by atoms with van der Waals surface area (Å²) >= 11 is 0. The Balaban J connectivity index is 1.90. The van der Waals surface area contributed by atoms with Gasteiger partial charge in [-0.05, 0) is 6.42 Å². The van der Waals surface area contributed by atoms with Crippen LogP contribution in [0.3, 0.4) is 0 Å². The number of rotatable bonds is 5. The molecule has 0 radical (unpaired) electrons. The van der Waals surface area contributed by atoms with Gasteiger partial charge in [0.15, 0.2) is 0 Å². The summed E-state index contributed by atoms with van der Waals surface area (Å²) in [6.07, 6.45) is 4.49. The second-order valence-corrected chi connectivity index (χ2v) is 2.93. The van der Waals surface area contributed by atoms with Crippen LogP contribution in [-0.4, -0.2) is 23.9 Å². The molecule has 0 aromatic rings. The lowest BCUT2D eigenvalue weighted by Gasteiger charge is -2.04. The maximum atomic E-state index is 9.29. The minimum Gasteiger partial charge on any atom is -0.390 e. The first-order valence-electron chi connectivity index (χ1n) is 4.14. The minimum absolute atomic E-state index is 0.178. The van der Waals surface area contributed by atoms with Crippen molar-refractivity contribution in [3.63, 3.8) is 0 Å². The van der Waals surface area contributed by atoms with Crippen LogP contribution in [0.4, 0.5) is 0 Å². The molecule has 1 fully saturated rings. The number of aliphatic hydroxyl groups is 1. The summed E-state index contributed by atoms with van der Waals surface area (Å²) in [6, 6.07) is 0. The van der Waals surface area contributed by atoms with E-state index in [2.05, 4.69) is 6.92 Å². The monoisotopic (exact) mass is 144 g/mol. The fourth-order valence-corrected chi connectivity index (χ4v) is 1.07. The normalized spacial score (nSPS) is 26.4. The standard InChI is InChI=1S/C8H16O2/c1-2-3-4-5-7(9)8-6-10-8/h7-9H,2-6H2,1H3. The van der Waals surface area contributed by atoms with E-state index in [0.29, 0.717) is 0 Å². The number of epoxide rings is 1. The lowest BCUT2D eigenvalue weighted by molar-refractivity contribution is 0.123. The average molecular weight is 144 g/mol. The molecule has 0 aliphatic carbocycles. The number of hydrogen-bond acceptors (Lipinski definition) is 2. The Morgan fingerprint density at radius 3 is 2.80 bits per heavy atom. The van der Waals surface area contributed by atoms with Crippen molar-refractivity contribution in [3.05, 3.63) is 0 Å². The summed E-state index contributed by atoms with van der Waals surface area (Å²) < 4.78 is 4.95. The fourth-order valence-electron chi connectivity index (χ4n) is 1.07. The molecule has 2 unspecified atom stereocenters. The van der Waals surface area contributed by atoms with Crippen LogP contribution in [0.1, 0.15) is 32.6 Å². The lowest BCUT2D eigenvalue weighted by atomic mass is 10.1. The summed E-state index contributed by atoms with van der Waals surface area (Å²) in [7, 11) is 0. The molecule has 1 heterocycles. The molecule has 0 amide bonds. The zero-order chi connectivity index (χ0) is 7.40. The van der Waals surface area contributed by atoms with Crippen molar-refractivity contribution in [1.82, 2.24) is 0 Å². The SMILES string of the molecule is CCCCCC(O)C1CO1. The lowest BCUT2D eigenvalue weighted by Crippen LogP contribution is -2.13. The van der Waals surface area contributed by atoms with Crippen LogP contribution in [0.2, 0.25) is 0 Å². The van der Waals surface area contributed by atoms with E-state index < -0.39 is 0 Å². The second-order valence-electron chi connectivity index (χ2n) is 2.93. The van der Waals surface area contributed by atoms with Gasteiger partial charge in [0.25, 0.3) is 0 Å². The highest BCUT2D eigenvalue weighted by atomic mass is 16.6. The van der Waals surface area contributed by atoms with Crippen LogP contribution < -0.4 is 0 Å². The van der Waals surface area contributed by atoms with Crippen molar-refractivity contribution in [2.45, 2.75) is 44.8 Å². The Morgan fingerprint density at radius 1 is 1.60 bits per heavy atom. The van der Waals surface area contributed by atoms with Crippen molar-refractivity contribution in [1.29, 1.82) is 0 Å². The first-order valence-corrected chi connectivity index (χ1v) is 4.14. The molecular weight excluding hydrogens is 128 g/mol. The number of ether oxygens (including phenoxy) is 1. The van der Waals surface area contributed by atoms with Gasteiger partial charge < -0.3 is 9.84 Å². The van der Waals surface area contributed by atoms with Gasteiger partial charge in [-0.3, -0.25) is 0 Å². The highest BCUT2D eigenvalue weighted by Gasteiger charge is 2.30. The van der Waals surface area contributed by atoms with E-state index in [1.165, 1.54) is 12.8 Å². The maximum absolute atomic E-state index is 9.29. The van der Waals surface area contributed by atoms with Crippen LogP contribution in [-0.2, 0) is 4.74 Å². The zero-order valence-electron chi connectivity index (χ0n) is 6.55. The highest BCUT2D eigenvalue weighted by Crippen LogP contribution is 2.18. The Kier molecular flexibility index (Phi) is 3.16. The highest BCUT2D eigenvalue weighted by molar-refractivity contribution is 4.77. The quantitative estimate of drug-likeness (QED) is 0.466. The molecule has 0 bridgehead atoms. The maximum Gasteiger partial charge on any atom is 0.107 e. The molecule has 2 atom stereocenters. The topological polar surface area (TPSA) is 32.8 Å². The predicted molar refractivity (Wildman–Crippen MR) is 39.9 cm³/mol. The van der Waals surface area contributed by atoms with Gasteiger partial charge >= 0.3 is 0 Å². The molecule has 0 aromatic heterocycles. The molecule has 0 spiro atoms. The van der Waals surface area contributed by atoms with Crippen molar-refractivity contribution in [2.75, 3.05) is 6.61 Å². The van der Waals surface area contributed by atoms with Crippen LogP contribution in [0, 0.1) is 0 Å². The van der Waals surface area contributed by atoms with Gasteiger partial charge in [0.1, 0.15) is 6.10 Å². The molecular formula is C8H16O2. The molecule has 2 nitrogen and oxygen atoms in total. The van der Waals surface area contributed by atoms with Crippen molar-refractivity contribution < 1.29 is 9.84 Å². The first kappa shape index (κ1) is 8.02. The Hall–Kier alpha value is -0.0800. The molecule has 0 saturated carbocycles. The van der Waals surface area contributed by atoms with Gasteiger partial charge in [0.05, 0.1) is 12.7 Å². The third-order valence-electron chi connectivity index (χ3n) is 1.89. The van der Waals surface area contributed by atoms with E-state index in [1.807, 2.05) is 0 Å². The van der Waals surface area contributed by atoms with E-state index in [-0.39, 0.29) is 12.2 Å². The van der Waals surface area contributed by atoms with Crippen LogP contribution >= 0.6 is 0 Å². The molecule has 1 aliphatic heterocycles. The Bertz CT molecular complexity index is 89.3. The summed E-state index contributed by atoms with van der Waals surface area (Å²) in [5.74, 6) is 0. The van der Waals surface area contributed by atoms with Gasteiger partial charge in [-0.1, -0.05) is 26.2 Å². The third-order valence-corrected chi connectivity index (χ3v) is 1.89. The van der Waals surface area contributed by atoms with E-state index in [9.17, 15) is 5.11 Å². The smallest absolute Gasteiger partial charge is 0.107 e. The molecule has 60 valence electrons.